The van der Waals surface area contributed by atoms with E-state index in [2.05, 4.69) is 4.98 Å². The summed E-state index contributed by atoms with van der Waals surface area (Å²) < 4.78 is 1.54. The summed E-state index contributed by atoms with van der Waals surface area (Å²) in [5.74, 6) is -0.325. The molecular formula is C12H11N3O2. The summed E-state index contributed by atoms with van der Waals surface area (Å²) in [6.07, 6.45) is 2.99. The van der Waals surface area contributed by atoms with Gasteiger partial charge in [-0.25, -0.2) is 9.66 Å². The lowest BCUT2D eigenvalue weighted by Gasteiger charge is -2.25. The number of hydrogen-bond acceptors (Lipinski definition) is 3. The van der Waals surface area contributed by atoms with Crippen molar-refractivity contribution in [3.63, 3.8) is 0 Å². The largest absolute Gasteiger partial charge is 0.273 e. The van der Waals surface area contributed by atoms with Gasteiger partial charge in [0.25, 0.3) is 0 Å². The molecule has 0 radical (unpaired) electrons. The summed E-state index contributed by atoms with van der Waals surface area (Å²) in [5.41, 5.74) is 1.55. The number of aromatic nitrogens is 2. The Morgan fingerprint density at radius 1 is 1.06 bits per heavy atom. The fourth-order valence-corrected chi connectivity index (χ4v) is 2.09. The molecule has 0 N–H and O–H groups in total. The van der Waals surface area contributed by atoms with Crippen LogP contribution in [0.25, 0.3) is 11.0 Å². The Kier molecular flexibility index (Phi) is 2.18. The van der Waals surface area contributed by atoms with Crippen LogP contribution in [-0.4, -0.2) is 21.5 Å². The lowest BCUT2D eigenvalue weighted by atomic mass is 10.1. The predicted octanol–water partition coefficient (Wildman–Crippen LogP) is 1.21. The third-order valence-electron chi connectivity index (χ3n) is 2.90. The van der Waals surface area contributed by atoms with Crippen molar-refractivity contribution < 1.29 is 9.59 Å². The van der Waals surface area contributed by atoms with Crippen molar-refractivity contribution in [3.8, 4) is 0 Å². The zero-order valence-corrected chi connectivity index (χ0v) is 9.17. The second-order valence-electron chi connectivity index (χ2n) is 4.03. The molecule has 1 fully saturated rings. The molecule has 1 aliphatic rings. The van der Waals surface area contributed by atoms with Crippen molar-refractivity contribution >= 4 is 22.8 Å². The highest BCUT2D eigenvalue weighted by Gasteiger charge is 2.28. The number of hydrogen-bond donors (Lipinski definition) is 0. The van der Waals surface area contributed by atoms with Gasteiger partial charge in [0.1, 0.15) is 6.33 Å². The molecule has 17 heavy (non-hydrogen) atoms. The maximum absolute atomic E-state index is 11.8. The van der Waals surface area contributed by atoms with Gasteiger partial charge in [-0.2, -0.15) is 5.01 Å². The van der Waals surface area contributed by atoms with Crippen LogP contribution in [0.4, 0.5) is 0 Å². The number of benzene rings is 1. The molecule has 0 bridgehead atoms. The third kappa shape index (κ3) is 1.51. The molecule has 1 aliphatic heterocycles. The zero-order valence-electron chi connectivity index (χ0n) is 9.17. The first-order valence-corrected chi connectivity index (χ1v) is 5.55. The first-order valence-electron chi connectivity index (χ1n) is 5.55. The summed E-state index contributed by atoms with van der Waals surface area (Å²) in [4.78, 5) is 27.8. The van der Waals surface area contributed by atoms with Crippen LogP contribution in [0.5, 0.6) is 0 Å². The summed E-state index contributed by atoms with van der Waals surface area (Å²) in [6.45, 7) is 0. The van der Waals surface area contributed by atoms with E-state index in [-0.39, 0.29) is 11.8 Å². The quantitative estimate of drug-likeness (QED) is 0.691. The molecule has 1 aromatic heterocycles. The minimum Gasteiger partial charge on any atom is -0.273 e. The lowest BCUT2D eigenvalue weighted by Crippen LogP contribution is -2.47. The Labute approximate surface area is 97.6 Å². The van der Waals surface area contributed by atoms with Gasteiger partial charge in [-0.15, -0.1) is 0 Å². The highest BCUT2D eigenvalue weighted by molar-refractivity contribution is 6.10. The van der Waals surface area contributed by atoms with Gasteiger partial charge in [0.2, 0.25) is 11.8 Å². The molecule has 1 aromatic carbocycles. The van der Waals surface area contributed by atoms with Crippen LogP contribution in [0.1, 0.15) is 19.3 Å². The number of para-hydroxylation sites is 2. The van der Waals surface area contributed by atoms with Crippen LogP contribution in [-0.2, 0) is 9.59 Å². The smallest absolute Gasteiger partial charge is 0.248 e. The Morgan fingerprint density at radius 2 is 1.76 bits per heavy atom. The van der Waals surface area contributed by atoms with Crippen molar-refractivity contribution in [1.29, 1.82) is 0 Å². The number of fused-ring (bicyclic) bond motifs is 1. The van der Waals surface area contributed by atoms with Gasteiger partial charge in [0.15, 0.2) is 0 Å². The number of carbonyl (C=O) groups excluding carboxylic acids is 2. The number of nitrogens with zero attached hydrogens (tertiary/aromatic N) is 3. The van der Waals surface area contributed by atoms with Gasteiger partial charge in [-0.05, 0) is 18.6 Å². The van der Waals surface area contributed by atoms with Crippen molar-refractivity contribution in [1.82, 2.24) is 9.66 Å². The summed E-state index contributed by atoms with van der Waals surface area (Å²) >= 11 is 0. The van der Waals surface area contributed by atoms with Crippen LogP contribution in [0.2, 0.25) is 0 Å². The number of imidazole rings is 1. The normalized spacial score (nSPS) is 16.8. The molecule has 86 valence electrons. The average Bonchev–Trinajstić information content (AvgIpc) is 2.73. The fourth-order valence-electron chi connectivity index (χ4n) is 2.09. The first kappa shape index (κ1) is 10.0. The molecule has 0 atom stereocenters. The van der Waals surface area contributed by atoms with Crippen molar-refractivity contribution in [3.05, 3.63) is 30.6 Å². The molecule has 2 heterocycles. The maximum atomic E-state index is 11.8. The molecule has 0 aliphatic carbocycles. The van der Waals surface area contributed by atoms with Gasteiger partial charge in [0.05, 0.1) is 11.0 Å². The van der Waals surface area contributed by atoms with E-state index in [0.717, 1.165) is 11.0 Å². The molecule has 0 unspecified atom stereocenters. The number of rotatable bonds is 1. The molecule has 2 aromatic rings. The number of carbonyl (C=O) groups is 2. The minimum atomic E-state index is -0.163. The van der Waals surface area contributed by atoms with Crippen LogP contribution in [0.3, 0.4) is 0 Å². The van der Waals surface area contributed by atoms with Crippen LogP contribution in [0, 0.1) is 0 Å². The van der Waals surface area contributed by atoms with Gasteiger partial charge in [0, 0.05) is 12.8 Å². The molecular weight excluding hydrogens is 218 g/mol. The second-order valence-corrected chi connectivity index (χ2v) is 4.03. The Hall–Kier alpha value is -2.17. The van der Waals surface area contributed by atoms with E-state index in [1.807, 2.05) is 24.3 Å². The highest BCUT2D eigenvalue weighted by Crippen LogP contribution is 2.17. The fraction of sp³-hybridized carbons (Fsp3) is 0.250. The summed E-state index contributed by atoms with van der Waals surface area (Å²) in [6, 6.07) is 7.43. The van der Waals surface area contributed by atoms with Gasteiger partial charge in [-0.3, -0.25) is 9.59 Å². The van der Waals surface area contributed by atoms with Crippen molar-refractivity contribution in [2.75, 3.05) is 5.01 Å². The van der Waals surface area contributed by atoms with Crippen LogP contribution >= 0.6 is 0 Å². The zero-order chi connectivity index (χ0) is 11.8. The van der Waals surface area contributed by atoms with E-state index in [4.69, 9.17) is 0 Å². The van der Waals surface area contributed by atoms with E-state index in [9.17, 15) is 9.59 Å². The van der Waals surface area contributed by atoms with E-state index in [1.165, 1.54) is 11.3 Å². The van der Waals surface area contributed by atoms with Crippen LogP contribution < -0.4 is 5.01 Å². The Morgan fingerprint density at radius 3 is 2.53 bits per heavy atom. The molecule has 2 amide bonds. The number of piperidine rings is 1. The van der Waals surface area contributed by atoms with E-state index in [1.54, 1.807) is 4.68 Å². The molecule has 5 heteroatoms. The molecule has 0 saturated carbocycles. The summed E-state index contributed by atoms with van der Waals surface area (Å²) in [7, 11) is 0. The molecule has 5 nitrogen and oxygen atoms in total. The molecule has 1 saturated heterocycles. The van der Waals surface area contributed by atoms with Gasteiger partial charge < -0.3 is 0 Å². The van der Waals surface area contributed by atoms with Gasteiger partial charge >= 0.3 is 0 Å². The predicted molar refractivity (Wildman–Crippen MR) is 61.8 cm³/mol. The highest BCUT2D eigenvalue weighted by atomic mass is 16.2. The van der Waals surface area contributed by atoms with Crippen molar-refractivity contribution in [2.24, 2.45) is 0 Å². The molecule has 0 spiro atoms. The topological polar surface area (TPSA) is 55.2 Å². The van der Waals surface area contributed by atoms with E-state index < -0.39 is 0 Å². The maximum Gasteiger partial charge on any atom is 0.248 e. The monoisotopic (exact) mass is 229 g/mol. The molecule has 3 rings (SSSR count). The average molecular weight is 229 g/mol. The third-order valence-corrected chi connectivity index (χ3v) is 2.90. The number of amides is 2. The minimum absolute atomic E-state index is 0.163. The Bertz CT molecular complexity index is 587. The Balaban J connectivity index is 2.14. The van der Waals surface area contributed by atoms with E-state index in [0.29, 0.717) is 19.3 Å². The first-order chi connectivity index (χ1) is 8.27. The summed E-state index contributed by atoms with van der Waals surface area (Å²) in [5, 5.41) is 1.19. The van der Waals surface area contributed by atoms with Gasteiger partial charge in [-0.1, -0.05) is 12.1 Å². The standard InChI is InChI=1S/C12H11N3O2/c16-11-6-3-7-12(17)15(11)14-8-13-9-4-1-2-5-10(9)14/h1-2,4-5,8H,3,6-7H2. The SMILES string of the molecule is O=C1CCCC(=O)N1n1cnc2ccccc21. The second kappa shape index (κ2) is 3.69. The van der Waals surface area contributed by atoms with Crippen LogP contribution in [0.15, 0.2) is 30.6 Å². The van der Waals surface area contributed by atoms with Crippen molar-refractivity contribution in [2.45, 2.75) is 19.3 Å². The lowest BCUT2D eigenvalue weighted by molar-refractivity contribution is -0.131. The van der Waals surface area contributed by atoms with E-state index >= 15 is 0 Å². The number of imide groups is 1.